The Morgan fingerprint density at radius 2 is 2.00 bits per heavy atom. The van der Waals surface area contributed by atoms with Gasteiger partial charge in [-0.15, -0.1) is 0 Å². The molecule has 1 aromatic carbocycles. The number of benzene rings is 1. The van der Waals surface area contributed by atoms with Crippen LogP contribution in [0.2, 0.25) is 0 Å². The predicted octanol–water partition coefficient (Wildman–Crippen LogP) is 1.99. The van der Waals surface area contributed by atoms with Gasteiger partial charge in [-0.2, -0.15) is 0 Å². The van der Waals surface area contributed by atoms with Gasteiger partial charge in [0.2, 0.25) is 5.91 Å². The molecule has 0 aromatic heterocycles. The summed E-state index contributed by atoms with van der Waals surface area (Å²) in [7, 11) is 0. The smallest absolute Gasteiger partial charge is 0.224 e. The van der Waals surface area contributed by atoms with E-state index in [0.29, 0.717) is 18.9 Å². The Hall–Kier alpha value is -1.46. The second kappa shape index (κ2) is 7.88. The van der Waals surface area contributed by atoms with E-state index in [2.05, 4.69) is 5.32 Å². The Morgan fingerprint density at radius 1 is 1.26 bits per heavy atom. The minimum atomic E-state index is -0.186. The number of nitrogens with one attached hydrogen (secondary N) is 1. The van der Waals surface area contributed by atoms with Gasteiger partial charge in [-0.25, -0.2) is 4.39 Å². The fourth-order valence-electron chi connectivity index (χ4n) is 3.43. The average molecular weight is 320 g/mol. The molecule has 3 rings (SSSR count). The van der Waals surface area contributed by atoms with E-state index in [1.165, 1.54) is 17.7 Å². The van der Waals surface area contributed by atoms with Gasteiger partial charge in [-0.3, -0.25) is 4.79 Å². The monoisotopic (exact) mass is 320 g/mol. The highest BCUT2D eigenvalue weighted by Crippen LogP contribution is 2.22. The van der Waals surface area contributed by atoms with Gasteiger partial charge in [0.25, 0.3) is 0 Å². The Bertz CT molecular complexity index is 506. The summed E-state index contributed by atoms with van der Waals surface area (Å²) in [6.45, 7) is 3.86. The van der Waals surface area contributed by atoms with Crippen molar-refractivity contribution >= 4 is 5.91 Å². The number of piperidine rings is 1. The van der Waals surface area contributed by atoms with Crippen molar-refractivity contribution in [2.24, 2.45) is 5.92 Å². The van der Waals surface area contributed by atoms with Gasteiger partial charge in [-0.05, 0) is 42.9 Å². The van der Waals surface area contributed by atoms with Gasteiger partial charge in [0.15, 0.2) is 0 Å². The summed E-state index contributed by atoms with van der Waals surface area (Å²) in [5.41, 5.74) is 1.18. The molecule has 0 bridgehead atoms. The fourth-order valence-corrected chi connectivity index (χ4v) is 3.43. The summed E-state index contributed by atoms with van der Waals surface area (Å²) in [6.07, 6.45) is 3.55. The number of carbonyl (C=O) groups is 1. The molecule has 0 aliphatic carbocycles. The van der Waals surface area contributed by atoms with Crippen LogP contribution in [0.25, 0.3) is 0 Å². The summed E-state index contributed by atoms with van der Waals surface area (Å²) in [5.74, 6) is 0.628. The Labute approximate surface area is 137 Å². The van der Waals surface area contributed by atoms with E-state index >= 15 is 0 Å². The van der Waals surface area contributed by atoms with Crippen LogP contribution in [0, 0.1) is 11.7 Å². The van der Waals surface area contributed by atoms with Crippen LogP contribution in [0.4, 0.5) is 4.39 Å². The van der Waals surface area contributed by atoms with Crippen molar-refractivity contribution in [3.05, 3.63) is 35.6 Å². The zero-order valence-electron chi connectivity index (χ0n) is 13.5. The van der Waals surface area contributed by atoms with E-state index in [0.717, 1.165) is 45.5 Å². The van der Waals surface area contributed by atoms with E-state index in [1.807, 2.05) is 17.0 Å². The molecule has 2 fully saturated rings. The SMILES string of the molecule is O=C(C[C@@H]1COCCN1)N1CCC(Cc2ccc(F)cc2)CC1. The molecular weight excluding hydrogens is 295 g/mol. The maximum Gasteiger partial charge on any atom is 0.224 e. The van der Waals surface area contributed by atoms with Crippen LogP contribution in [0.1, 0.15) is 24.8 Å². The number of nitrogens with zero attached hydrogens (tertiary/aromatic N) is 1. The van der Waals surface area contributed by atoms with Crippen LogP contribution in [-0.2, 0) is 16.0 Å². The van der Waals surface area contributed by atoms with Crippen molar-refractivity contribution in [2.75, 3.05) is 32.8 Å². The molecule has 0 unspecified atom stereocenters. The topological polar surface area (TPSA) is 41.6 Å². The predicted molar refractivity (Wildman–Crippen MR) is 86.6 cm³/mol. The first-order chi connectivity index (χ1) is 11.2. The van der Waals surface area contributed by atoms with Crippen molar-refractivity contribution in [1.29, 1.82) is 0 Å². The molecular formula is C18H25FN2O2. The second-order valence-electron chi connectivity index (χ2n) is 6.58. The Kier molecular flexibility index (Phi) is 5.62. The van der Waals surface area contributed by atoms with Crippen molar-refractivity contribution in [1.82, 2.24) is 10.2 Å². The zero-order valence-corrected chi connectivity index (χ0v) is 13.5. The molecule has 1 atom stereocenters. The number of rotatable bonds is 4. The lowest BCUT2D eigenvalue weighted by molar-refractivity contribution is -0.133. The Morgan fingerprint density at radius 3 is 2.65 bits per heavy atom. The van der Waals surface area contributed by atoms with Gasteiger partial charge in [0, 0.05) is 32.1 Å². The number of halogens is 1. The maximum absolute atomic E-state index is 12.9. The number of carbonyl (C=O) groups excluding carboxylic acids is 1. The van der Waals surface area contributed by atoms with E-state index in [9.17, 15) is 9.18 Å². The molecule has 2 aliphatic rings. The van der Waals surface area contributed by atoms with Crippen LogP contribution >= 0.6 is 0 Å². The van der Waals surface area contributed by atoms with E-state index < -0.39 is 0 Å². The van der Waals surface area contributed by atoms with Gasteiger partial charge < -0.3 is 15.0 Å². The number of hydrogen-bond acceptors (Lipinski definition) is 3. The standard InChI is InChI=1S/C18H25FN2O2/c19-16-3-1-14(2-4-16)11-15-5-8-21(9-6-15)18(22)12-17-13-23-10-7-20-17/h1-4,15,17,20H,5-13H2/t17-/m1/s1. The molecule has 2 saturated heterocycles. The Balaban J connectivity index is 1.42. The average Bonchev–Trinajstić information content (AvgIpc) is 2.58. The van der Waals surface area contributed by atoms with Crippen molar-refractivity contribution in [3.63, 3.8) is 0 Å². The molecule has 4 nitrogen and oxygen atoms in total. The van der Waals surface area contributed by atoms with E-state index in [-0.39, 0.29) is 17.8 Å². The highest BCUT2D eigenvalue weighted by Gasteiger charge is 2.25. The number of amides is 1. The summed E-state index contributed by atoms with van der Waals surface area (Å²) < 4.78 is 18.3. The molecule has 5 heteroatoms. The van der Waals surface area contributed by atoms with Gasteiger partial charge in [0.05, 0.1) is 13.2 Å². The van der Waals surface area contributed by atoms with E-state index in [4.69, 9.17) is 4.74 Å². The summed E-state index contributed by atoms with van der Waals surface area (Å²) in [4.78, 5) is 14.3. The summed E-state index contributed by atoms with van der Waals surface area (Å²) in [5, 5.41) is 3.33. The van der Waals surface area contributed by atoms with Crippen LogP contribution in [-0.4, -0.2) is 49.7 Å². The van der Waals surface area contributed by atoms with Crippen LogP contribution < -0.4 is 5.32 Å². The molecule has 126 valence electrons. The third-order valence-corrected chi connectivity index (χ3v) is 4.82. The van der Waals surface area contributed by atoms with Crippen LogP contribution in [0.15, 0.2) is 24.3 Å². The fraction of sp³-hybridized carbons (Fsp3) is 0.611. The lowest BCUT2D eigenvalue weighted by atomic mass is 9.90. The van der Waals surface area contributed by atoms with Crippen molar-refractivity contribution in [2.45, 2.75) is 31.7 Å². The van der Waals surface area contributed by atoms with Crippen molar-refractivity contribution < 1.29 is 13.9 Å². The summed E-state index contributed by atoms with van der Waals surface area (Å²) >= 11 is 0. The van der Waals surface area contributed by atoms with Crippen LogP contribution in [0.3, 0.4) is 0 Å². The first-order valence-corrected chi connectivity index (χ1v) is 8.54. The lowest BCUT2D eigenvalue weighted by Gasteiger charge is -2.33. The third kappa shape index (κ3) is 4.75. The zero-order chi connectivity index (χ0) is 16.1. The second-order valence-corrected chi connectivity index (χ2v) is 6.58. The largest absolute Gasteiger partial charge is 0.378 e. The highest BCUT2D eigenvalue weighted by molar-refractivity contribution is 5.77. The third-order valence-electron chi connectivity index (χ3n) is 4.82. The molecule has 0 saturated carbocycles. The molecule has 23 heavy (non-hydrogen) atoms. The molecule has 2 heterocycles. The molecule has 1 aromatic rings. The number of likely N-dealkylation sites (tertiary alicyclic amines) is 1. The molecule has 1 N–H and O–H groups in total. The first-order valence-electron chi connectivity index (χ1n) is 8.54. The quantitative estimate of drug-likeness (QED) is 0.922. The van der Waals surface area contributed by atoms with Gasteiger partial charge in [-0.1, -0.05) is 12.1 Å². The molecule has 0 spiro atoms. The minimum absolute atomic E-state index is 0.160. The van der Waals surface area contributed by atoms with Crippen LogP contribution in [0.5, 0.6) is 0 Å². The number of morpholine rings is 1. The molecule has 0 radical (unpaired) electrons. The normalized spacial score (nSPS) is 23.0. The lowest BCUT2D eigenvalue weighted by Crippen LogP contribution is -2.46. The maximum atomic E-state index is 12.9. The number of hydrogen-bond donors (Lipinski definition) is 1. The van der Waals surface area contributed by atoms with Gasteiger partial charge in [0.1, 0.15) is 5.82 Å². The highest BCUT2D eigenvalue weighted by atomic mass is 19.1. The first kappa shape index (κ1) is 16.4. The van der Waals surface area contributed by atoms with Gasteiger partial charge >= 0.3 is 0 Å². The number of ether oxygens (including phenoxy) is 1. The summed E-state index contributed by atoms with van der Waals surface area (Å²) in [6, 6.07) is 6.93. The molecule has 2 aliphatic heterocycles. The minimum Gasteiger partial charge on any atom is -0.378 e. The molecule has 1 amide bonds. The van der Waals surface area contributed by atoms with Crippen molar-refractivity contribution in [3.8, 4) is 0 Å². The van der Waals surface area contributed by atoms with E-state index in [1.54, 1.807) is 0 Å².